The van der Waals surface area contributed by atoms with Crippen LogP contribution in [0.25, 0.3) is 0 Å². The summed E-state index contributed by atoms with van der Waals surface area (Å²) < 4.78 is 28.9. The van der Waals surface area contributed by atoms with Crippen LogP contribution >= 0.6 is 11.8 Å². The van der Waals surface area contributed by atoms with Gasteiger partial charge in [0, 0.05) is 31.9 Å². The monoisotopic (exact) mass is 436 g/mol. The number of thioether (sulfide) groups is 1. The Hall–Kier alpha value is -1.98. The van der Waals surface area contributed by atoms with Crippen LogP contribution in [0.15, 0.2) is 28.3 Å². The molecule has 0 aliphatic carbocycles. The Balaban J connectivity index is 1.51. The van der Waals surface area contributed by atoms with Gasteiger partial charge in [-0.05, 0) is 66.8 Å². The van der Waals surface area contributed by atoms with Crippen molar-refractivity contribution in [3.8, 4) is 0 Å². The first kappa shape index (κ1) is 20.3. The summed E-state index contributed by atoms with van der Waals surface area (Å²) in [5.41, 5.74) is 1.71. The third-order valence-corrected chi connectivity index (χ3v) is 8.13. The number of sulfonamides is 1. The zero-order chi connectivity index (χ0) is 20.4. The van der Waals surface area contributed by atoms with Crippen molar-refractivity contribution in [2.24, 2.45) is 0 Å². The average Bonchev–Trinajstić information content (AvgIpc) is 3.43. The van der Waals surface area contributed by atoms with E-state index in [-0.39, 0.29) is 11.7 Å². The Morgan fingerprint density at radius 1 is 1.17 bits per heavy atom. The standard InChI is InChI=1S/C18H24N6O3S2/c1-2-24-18(19-20-21-24)28-13-17(25)23-11-5-6-14-12-15(7-8-16(14)23)29(26,27)22-9-3-4-10-22/h7-8,12H,2-6,9-11,13H2,1H3. The van der Waals surface area contributed by atoms with Gasteiger partial charge in [-0.25, -0.2) is 13.1 Å². The number of carbonyl (C=O) groups excluding carboxylic acids is 1. The molecule has 3 heterocycles. The fourth-order valence-electron chi connectivity index (χ4n) is 3.77. The molecule has 1 saturated heterocycles. The molecule has 0 bridgehead atoms. The van der Waals surface area contributed by atoms with Crippen LogP contribution in [0.1, 0.15) is 31.7 Å². The van der Waals surface area contributed by atoms with Crippen molar-refractivity contribution in [1.29, 1.82) is 0 Å². The molecule has 9 nitrogen and oxygen atoms in total. The van der Waals surface area contributed by atoms with Crippen LogP contribution in [0.4, 0.5) is 5.69 Å². The highest BCUT2D eigenvalue weighted by Crippen LogP contribution is 2.32. The van der Waals surface area contributed by atoms with E-state index in [9.17, 15) is 13.2 Å². The third kappa shape index (κ3) is 4.03. The van der Waals surface area contributed by atoms with Crippen LogP contribution in [0.2, 0.25) is 0 Å². The molecular formula is C18H24N6O3S2. The predicted molar refractivity (Wildman–Crippen MR) is 109 cm³/mol. The van der Waals surface area contributed by atoms with Gasteiger partial charge in [0.15, 0.2) is 0 Å². The first-order valence-corrected chi connectivity index (χ1v) is 12.3. The molecule has 11 heteroatoms. The van der Waals surface area contributed by atoms with Crippen molar-refractivity contribution in [2.75, 3.05) is 30.3 Å². The maximum atomic E-state index is 12.9. The van der Waals surface area contributed by atoms with Crippen LogP contribution < -0.4 is 4.90 Å². The van der Waals surface area contributed by atoms with E-state index in [1.165, 1.54) is 11.8 Å². The van der Waals surface area contributed by atoms with E-state index in [1.807, 2.05) is 6.92 Å². The largest absolute Gasteiger partial charge is 0.311 e. The lowest BCUT2D eigenvalue weighted by atomic mass is 10.0. The van der Waals surface area contributed by atoms with Crippen molar-refractivity contribution < 1.29 is 13.2 Å². The molecule has 1 amide bonds. The lowest BCUT2D eigenvalue weighted by molar-refractivity contribution is -0.116. The van der Waals surface area contributed by atoms with E-state index in [0.717, 1.165) is 36.9 Å². The highest BCUT2D eigenvalue weighted by molar-refractivity contribution is 7.99. The summed E-state index contributed by atoms with van der Waals surface area (Å²) in [4.78, 5) is 14.9. The molecule has 4 rings (SSSR count). The Labute approximate surface area is 174 Å². The number of tetrazole rings is 1. The second-order valence-electron chi connectivity index (χ2n) is 7.12. The van der Waals surface area contributed by atoms with Crippen molar-refractivity contribution in [3.63, 3.8) is 0 Å². The van der Waals surface area contributed by atoms with Crippen molar-refractivity contribution in [2.45, 2.75) is 49.2 Å². The number of hydrogen-bond donors (Lipinski definition) is 0. The van der Waals surface area contributed by atoms with Gasteiger partial charge in [-0.3, -0.25) is 4.79 Å². The van der Waals surface area contributed by atoms with Gasteiger partial charge in [0.05, 0.1) is 10.6 Å². The molecule has 0 spiro atoms. The molecule has 2 aromatic rings. The van der Waals surface area contributed by atoms with Crippen LogP contribution in [0.3, 0.4) is 0 Å². The minimum Gasteiger partial charge on any atom is -0.311 e. The summed E-state index contributed by atoms with van der Waals surface area (Å²) in [5.74, 6) is 0.199. The number of nitrogens with zero attached hydrogens (tertiary/aromatic N) is 6. The maximum Gasteiger partial charge on any atom is 0.243 e. The Kier molecular flexibility index (Phi) is 5.88. The fraction of sp³-hybridized carbons (Fsp3) is 0.556. The number of rotatable bonds is 6. The third-order valence-electron chi connectivity index (χ3n) is 5.30. The second-order valence-corrected chi connectivity index (χ2v) is 10.00. The molecule has 29 heavy (non-hydrogen) atoms. The lowest BCUT2D eigenvalue weighted by Gasteiger charge is -2.30. The number of benzene rings is 1. The molecule has 1 fully saturated rings. The summed E-state index contributed by atoms with van der Waals surface area (Å²) >= 11 is 1.31. The molecule has 0 saturated carbocycles. The number of aryl methyl sites for hydroxylation is 2. The van der Waals surface area contributed by atoms with Crippen LogP contribution in [0, 0.1) is 0 Å². The quantitative estimate of drug-likeness (QED) is 0.633. The fourth-order valence-corrected chi connectivity index (χ4v) is 6.16. The van der Waals surface area contributed by atoms with E-state index in [1.54, 1.807) is 32.1 Å². The van der Waals surface area contributed by atoms with E-state index in [0.29, 0.717) is 36.2 Å². The summed E-state index contributed by atoms with van der Waals surface area (Å²) in [5, 5.41) is 12.1. The van der Waals surface area contributed by atoms with E-state index in [2.05, 4.69) is 15.5 Å². The molecule has 1 aromatic heterocycles. The van der Waals surface area contributed by atoms with Gasteiger partial charge >= 0.3 is 0 Å². The van der Waals surface area contributed by atoms with Gasteiger partial charge in [0.1, 0.15) is 0 Å². The highest BCUT2D eigenvalue weighted by Gasteiger charge is 2.29. The second kappa shape index (κ2) is 8.41. The number of anilines is 1. The first-order chi connectivity index (χ1) is 14.0. The van der Waals surface area contributed by atoms with Crippen LogP contribution in [0.5, 0.6) is 0 Å². The van der Waals surface area contributed by atoms with Crippen LogP contribution in [-0.4, -0.2) is 64.2 Å². The Morgan fingerprint density at radius 3 is 2.72 bits per heavy atom. The highest BCUT2D eigenvalue weighted by atomic mass is 32.2. The number of fused-ring (bicyclic) bond motifs is 1. The molecule has 2 aliphatic heterocycles. The summed E-state index contributed by atoms with van der Waals surface area (Å²) in [6, 6.07) is 5.15. The lowest BCUT2D eigenvalue weighted by Crippen LogP contribution is -2.37. The minimum atomic E-state index is -3.46. The number of hydrogen-bond acceptors (Lipinski definition) is 7. The molecular weight excluding hydrogens is 412 g/mol. The van der Waals surface area contributed by atoms with Crippen LogP contribution in [-0.2, 0) is 27.8 Å². The van der Waals surface area contributed by atoms with Gasteiger partial charge in [0.25, 0.3) is 0 Å². The first-order valence-electron chi connectivity index (χ1n) is 9.83. The zero-order valence-electron chi connectivity index (χ0n) is 16.3. The molecule has 0 N–H and O–H groups in total. The summed E-state index contributed by atoms with van der Waals surface area (Å²) in [7, 11) is -3.46. The van der Waals surface area contributed by atoms with Gasteiger partial charge in [-0.2, -0.15) is 4.31 Å². The van der Waals surface area contributed by atoms with E-state index in [4.69, 9.17) is 0 Å². The topological polar surface area (TPSA) is 101 Å². The van der Waals surface area contributed by atoms with E-state index < -0.39 is 10.0 Å². The molecule has 156 valence electrons. The van der Waals surface area contributed by atoms with Gasteiger partial charge < -0.3 is 4.90 Å². The molecule has 1 aromatic carbocycles. The van der Waals surface area contributed by atoms with Crippen molar-refractivity contribution >= 4 is 33.4 Å². The summed E-state index contributed by atoms with van der Waals surface area (Å²) in [6.07, 6.45) is 3.39. The molecule has 0 unspecified atom stereocenters. The van der Waals surface area contributed by atoms with Crippen molar-refractivity contribution in [1.82, 2.24) is 24.5 Å². The Morgan fingerprint density at radius 2 is 1.97 bits per heavy atom. The maximum absolute atomic E-state index is 12.9. The average molecular weight is 437 g/mol. The SMILES string of the molecule is CCn1nnnc1SCC(=O)N1CCCc2cc(S(=O)(=O)N3CCCC3)ccc21. The molecule has 0 atom stereocenters. The smallest absolute Gasteiger partial charge is 0.243 e. The van der Waals surface area contributed by atoms with Gasteiger partial charge in [-0.15, -0.1) is 5.10 Å². The van der Waals surface area contributed by atoms with Gasteiger partial charge in [0.2, 0.25) is 21.1 Å². The molecule has 0 radical (unpaired) electrons. The minimum absolute atomic E-state index is 0.0308. The molecule has 2 aliphatic rings. The predicted octanol–water partition coefficient (Wildman–Crippen LogP) is 1.55. The van der Waals surface area contributed by atoms with E-state index >= 15 is 0 Å². The summed E-state index contributed by atoms with van der Waals surface area (Å²) in [6.45, 7) is 4.38. The van der Waals surface area contributed by atoms with Crippen molar-refractivity contribution in [3.05, 3.63) is 23.8 Å². The number of carbonyl (C=O) groups is 1. The Bertz CT molecular complexity index is 1000. The van der Waals surface area contributed by atoms with Gasteiger partial charge in [-0.1, -0.05) is 11.8 Å². The number of amides is 1. The normalized spacial score (nSPS) is 17.5. The zero-order valence-corrected chi connectivity index (χ0v) is 18.0. The number of aromatic nitrogens is 4.